The summed E-state index contributed by atoms with van der Waals surface area (Å²) < 4.78 is 5.58. The van der Waals surface area contributed by atoms with Crippen molar-refractivity contribution in [3.63, 3.8) is 0 Å². The van der Waals surface area contributed by atoms with Gasteiger partial charge in [-0.2, -0.15) is 0 Å². The van der Waals surface area contributed by atoms with E-state index in [9.17, 15) is 4.79 Å². The lowest BCUT2D eigenvalue weighted by molar-refractivity contribution is 0.0959. The van der Waals surface area contributed by atoms with Crippen LogP contribution in [-0.4, -0.2) is 24.0 Å². The highest BCUT2D eigenvalue weighted by Gasteiger charge is 2.09. The molecule has 0 atom stereocenters. The molecule has 3 rings (SSSR count). The number of aromatic nitrogens is 1. The van der Waals surface area contributed by atoms with Gasteiger partial charge in [0.1, 0.15) is 12.4 Å². The van der Waals surface area contributed by atoms with E-state index >= 15 is 0 Å². The van der Waals surface area contributed by atoms with Crippen molar-refractivity contribution in [1.82, 2.24) is 10.3 Å². The van der Waals surface area contributed by atoms with Crippen LogP contribution in [0.15, 0.2) is 54.7 Å². The lowest BCUT2D eigenvalue weighted by Crippen LogP contribution is -2.24. The van der Waals surface area contributed by atoms with Gasteiger partial charge in [-0.1, -0.05) is 41.1 Å². The van der Waals surface area contributed by atoms with E-state index in [0.29, 0.717) is 21.4 Å². The molecule has 0 bridgehead atoms. The summed E-state index contributed by atoms with van der Waals surface area (Å²) in [7, 11) is 0. The van der Waals surface area contributed by atoms with Crippen LogP contribution >= 0.6 is 23.2 Å². The summed E-state index contributed by atoms with van der Waals surface area (Å²) in [5.41, 5.74) is 1.18. The molecule has 0 aliphatic carbocycles. The van der Waals surface area contributed by atoms with Crippen LogP contribution in [-0.2, 0) is 0 Å². The van der Waals surface area contributed by atoms with Gasteiger partial charge in [-0.15, -0.1) is 0 Å². The average Bonchev–Trinajstić information content (AvgIpc) is 2.66. The Kier molecular flexibility index (Phi) is 5.96. The van der Waals surface area contributed by atoms with E-state index in [0.717, 1.165) is 10.9 Å². The van der Waals surface area contributed by atoms with Gasteiger partial charge in [-0.3, -0.25) is 9.78 Å². The number of amides is 1. The van der Waals surface area contributed by atoms with Crippen LogP contribution in [0.3, 0.4) is 0 Å². The number of rotatable bonds is 4. The highest BCUT2D eigenvalue weighted by molar-refractivity contribution is 6.35. The van der Waals surface area contributed by atoms with Crippen LogP contribution in [0.2, 0.25) is 10.0 Å². The highest BCUT2D eigenvalue weighted by Crippen LogP contribution is 2.20. The summed E-state index contributed by atoms with van der Waals surface area (Å²) in [5, 5.41) is 4.51. The molecule has 0 saturated carbocycles. The number of carbonyl (C=O) groups excluding carboxylic acids is 1. The largest absolute Gasteiger partial charge is 0.481 e. The van der Waals surface area contributed by atoms with E-state index in [-0.39, 0.29) is 19.1 Å². The predicted molar refractivity (Wildman–Crippen MR) is 104 cm³/mol. The molecule has 2 aromatic carbocycles. The van der Waals surface area contributed by atoms with Gasteiger partial charge in [0.25, 0.3) is 5.91 Å². The first-order valence-electron chi connectivity index (χ1n) is 7.80. The highest BCUT2D eigenvalue weighted by atomic mass is 35.5. The number of ether oxygens (including phenoxy) is 1. The molecule has 0 fully saturated rings. The number of carbonyl (C=O) groups is 1. The molecular formula is C20H14Cl2N2O2. The minimum absolute atomic E-state index is 0.185. The molecule has 4 nitrogen and oxygen atoms in total. The van der Waals surface area contributed by atoms with Crippen molar-refractivity contribution in [1.29, 1.82) is 0 Å². The Bertz CT molecular complexity index is 1010. The van der Waals surface area contributed by atoms with Gasteiger partial charge in [0.2, 0.25) is 0 Å². The van der Waals surface area contributed by atoms with Gasteiger partial charge in [0.05, 0.1) is 22.6 Å². The number of benzene rings is 2. The zero-order chi connectivity index (χ0) is 18.4. The minimum Gasteiger partial charge on any atom is -0.481 e. The second-order valence-corrected chi connectivity index (χ2v) is 6.15. The molecular weight excluding hydrogens is 371 g/mol. The Balaban J connectivity index is 1.49. The molecule has 1 heterocycles. The summed E-state index contributed by atoms with van der Waals surface area (Å²) in [4.78, 5) is 16.3. The lowest BCUT2D eigenvalue weighted by Gasteiger charge is -2.04. The molecule has 0 spiro atoms. The molecule has 3 aromatic rings. The third-order valence-electron chi connectivity index (χ3n) is 3.52. The van der Waals surface area contributed by atoms with Crippen molar-refractivity contribution in [2.45, 2.75) is 0 Å². The quantitative estimate of drug-likeness (QED) is 0.680. The summed E-state index contributed by atoms with van der Waals surface area (Å²) in [6.45, 7) is 0.399. The number of hydrogen-bond donors (Lipinski definition) is 1. The van der Waals surface area contributed by atoms with Crippen molar-refractivity contribution in [2.24, 2.45) is 0 Å². The van der Waals surface area contributed by atoms with Crippen molar-refractivity contribution >= 4 is 40.0 Å². The van der Waals surface area contributed by atoms with Crippen molar-refractivity contribution < 1.29 is 9.53 Å². The molecule has 6 heteroatoms. The normalized spacial score (nSPS) is 10.1. The number of fused-ring (bicyclic) bond motifs is 1. The third kappa shape index (κ3) is 4.66. The number of nitrogens with zero attached hydrogens (tertiary/aromatic N) is 1. The fourth-order valence-electron chi connectivity index (χ4n) is 2.26. The smallest absolute Gasteiger partial charge is 0.253 e. The van der Waals surface area contributed by atoms with Gasteiger partial charge >= 0.3 is 0 Å². The fourth-order valence-corrected chi connectivity index (χ4v) is 2.64. The fraction of sp³-hybridized carbons (Fsp3) is 0.100. The van der Waals surface area contributed by atoms with E-state index in [2.05, 4.69) is 22.1 Å². The van der Waals surface area contributed by atoms with Gasteiger partial charge in [0, 0.05) is 22.7 Å². The summed E-state index contributed by atoms with van der Waals surface area (Å²) in [6, 6.07) is 14.3. The average molecular weight is 385 g/mol. The number of halogens is 2. The van der Waals surface area contributed by atoms with Gasteiger partial charge in [0.15, 0.2) is 0 Å². The van der Waals surface area contributed by atoms with Crippen molar-refractivity contribution in [3.8, 4) is 17.6 Å². The van der Waals surface area contributed by atoms with E-state index < -0.39 is 0 Å². The number of hydrogen-bond acceptors (Lipinski definition) is 3. The lowest BCUT2D eigenvalue weighted by atomic mass is 10.2. The van der Waals surface area contributed by atoms with E-state index in [1.165, 1.54) is 6.07 Å². The first kappa shape index (κ1) is 18.1. The SMILES string of the molecule is O=C(NCC#CCOc1ccc2cccnc2c1)c1cc(Cl)ccc1Cl. The molecule has 26 heavy (non-hydrogen) atoms. The Hall–Kier alpha value is -2.74. The zero-order valence-corrected chi connectivity index (χ0v) is 15.1. The molecule has 130 valence electrons. The molecule has 0 saturated heterocycles. The summed E-state index contributed by atoms with van der Waals surface area (Å²) in [6.07, 6.45) is 1.74. The van der Waals surface area contributed by atoms with Crippen molar-refractivity contribution in [2.75, 3.05) is 13.2 Å². The van der Waals surface area contributed by atoms with E-state index in [4.69, 9.17) is 27.9 Å². The monoisotopic (exact) mass is 384 g/mol. The second kappa shape index (κ2) is 8.57. The first-order chi connectivity index (χ1) is 12.6. The Labute approximate surface area is 161 Å². The maximum Gasteiger partial charge on any atom is 0.253 e. The van der Waals surface area contributed by atoms with Gasteiger partial charge < -0.3 is 10.1 Å². The Morgan fingerprint density at radius 1 is 1.12 bits per heavy atom. The summed E-state index contributed by atoms with van der Waals surface area (Å²) >= 11 is 11.9. The Morgan fingerprint density at radius 3 is 2.88 bits per heavy atom. The van der Waals surface area contributed by atoms with Crippen LogP contribution in [0.4, 0.5) is 0 Å². The minimum atomic E-state index is -0.326. The topological polar surface area (TPSA) is 51.2 Å². The van der Waals surface area contributed by atoms with Gasteiger partial charge in [-0.05, 0) is 36.4 Å². The van der Waals surface area contributed by atoms with Crippen LogP contribution in [0.1, 0.15) is 10.4 Å². The molecule has 1 amide bonds. The maximum atomic E-state index is 12.0. The predicted octanol–water partition coefficient (Wildman–Crippen LogP) is 4.35. The molecule has 0 unspecified atom stereocenters. The molecule has 0 radical (unpaired) electrons. The third-order valence-corrected chi connectivity index (χ3v) is 4.09. The summed E-state index contributed by atoms with van der Waals surface area (Å²) in [5.74, 6) is 6.05. The van der Waals surface area contributed by atoms with Crippen molar-refractivity contribution in [3.05, 3.63) is 70.3 Å². The first-order valence-corrected chi connectivity index (χ1v) is 8.55. The second-order valence-electron chi connectivity index (χ2n) is 5.31. The van der Waals surface area contributed by atoms with E-state index in [1.54, 1.807) is 18.3 Å². The maximum absolute atomic E-state index is 12.0. The number of pyridine rings is 1. The molecule has 1 N–H and O–H groups in total. The molecule has 0 aliphatic heterocycles. The van der Waals surface area contributed by atoms with E-state index in [1.807, 2.05) is 30.3 Å². The molecule has 0 aliphatic rings. The zero-order valence-electron chi connectivity index (χ0n) is 13.6. The molecule has 1 aromatic heterocycles. The van der Waals surface area contributed by atoms with Crippen LogP contribution in [0.5, 0.6) is 5.75 Å². The number of nitrogens with one attached hydrogen (secondary N) is 1. The van der Waals surface area contributed by atoms with Crippen LogP contribution in [0, 0.1) is 11.8 Å². The van der Waals surface area contributed by atoms with Crippen LogP contribution < -0.4 is 10.1 Å². The van der Waals surface area contributed by atoms with Gasteiger partial charge in [-0.25, -0.2) is 0 Å². The van der Waals surface area contributed by atoms with Crippen LogP contribution in [0.25, 0.3) is 10.9 Å². The standard InChI is InChI=1S/C20H14Cl2N2O2/c21-15-6-8-18(22)17(12-15)20(25)24-9-1-2-11-26-16-7-5-14-4-3-10-23-19(14)13-16/h3-8,10,12-13H,9,11H2,(H,24,25). The Morgan fingerprint density at radius 2 is 2.00 bits per heavy atom.